The summed E-state index contributed by atoms with van der Waals surface area (Å²) in [4.78, 5) is 44.6. The molecule has 0 aliphatic carbocycles. The number of carbonyl (C=O) groups is 4. The summed E-state index contributed by atoms with van der Waals surface area (Å²) in [7, 11) is 3.74. The molecule has 0 fully saturated rings. The average Bonchev–Trinajstić information content (AvgIpc) is 2.94. The Morgan fingerprint density at radius 2 is 0.957 bits per heavy atom. The van der Waals surface area contributed by atoms with E-state index in [4.69, 9.17) is 38.8 Å². The van der Waals surface area contributed by atoms with E-state index in [0.29, 0.717) is 20.0 Å². The van der Waals surface area contributed by atoms with Crippen molar-refractivity contribution in [1.82, 2.24) is 0 Å². The van der Waals surface area contributed by atoms with E-state index in [0.717, 1.165) is 17.8 Å². The lowest BCUT2D eigenvalue weighted by Gasteiger charge is -2.06. The minimum Gasteiger partial charge on any atom is -0.508 e. The van der Waals surface area contributed by atoms with Gasteiger partial charge >= 0.3 is 17.9 Å². The number of thiocarbonyl (C=S) groups is 2. The molecule has 0 aromatic heterocycles. The molecular formula is C30H31ClO12S3. The SMILES string of the molecule is CC(=S)Cl.COC(=O)c1cc(O)cc(O)c1.COC(=O)c1cc(O)cc(OC(C)=S)c1.COC(=O)c1cc(O)cc(SC(C)=O)c1. The maximum absolute atomic E-state index is 11.2. The zero-order valence-corrected chi connectivity index (χ0v) is 28.6. The molecule has 248 valence electrons. The number of ether oxygens (including phenoxy) is 4. The molecule has 0 aliphatic heterocycles. The molecular weight excluding hydrogens is 684 g/mol. The normalized spacial score (nSPS) is 9.28. The molecule has 46 heavy (non-hydrogen) atoms. The van der Waals surface area contributed by atoms with E-state index in [1.54, 1.807) is 13.8 Å². The Bertz CT molecular complexity index is 1460. The van der Waals surface area contributed by atoms with Crippen LogP contribution >= 0.6 is 47.8 Å². The van der Waals surface area contributed by atoms with Gasteiger partial charge in [-0.25, -0.2) is 14.4 Å². The number of rotatable bonds is 5. The lowest BCUT2D eigenvalue weighted by molar-refractivity contribution is -0.109. The maximum atomic E-state index is 11.2. The molecule has 0 radical (unpaired) electrons. The average molecular weight is 715 g/mol. The first-order valence-electron chi connectivity index (χ1n) is 12.4. The van der Waals surface area contributed by atoms with Gasteiger partial charge in [-0.15, -0.1) is 0 Å². The summed E-state index contributed by atoms with van der Waals surface area (Å²) >= 11 is 15.0. The van der Waals surface area contributed by atoms with Crippen LogP contribution < -0.4 is 4.74 Å². The van der Waals surface area contributed by atoms with Gasteiger partial charge in [0.1, 0.15) is 28.7 Å². The second-order valence-electron chi connectivity index (χ2n) is 8.30. The standard InChI is InChI=1S/2C10H10O4S.C8H8O4.C2H3ClS/c1-6(15)14-9-4-7(10(12)13-2)3-8(11)5-9;1-6(11)15-9-4-7(10(13)14-2)3-8(12)5-9;1-12-8(11)5-2-6(9)4-7(10)3-5;1-2(3)4/h3-5,11H,1-2H3;3-5,12H,1-2H3;2-4,9-10H,1H3;1H3. The van der Waals surface area contributed by atoms with Gasteiger partial charge in [-0.2, -0.15) is 0 Å². The first-order valence-corrected chi connectivity index (χ1v) is 14.4. The van der Waals surface area contributed by atoms with Gasteiger partial charge in [0, 0.05) is 30.9 Å². The van der Waals surface area contributed by atoms with Crippen molar-refractivity contribution in [3.05, 3.63) is 71.3 Å². The molecule has 0 saturated carbocycles. The van der Waals surface area contributed by atoms with Gasteiger partial charge in [0.2, 0.25) is 0 Å². The highest BCUT2D eigenvalue weighted by Crippen LogP contribution is 2.26. The fourth-order valence-electron chi connectivity index (χ4n) is 2.92. The molecule has 0 aliphatic rings. The van der Waals surface area contributed by atoms with Crippen LogP contribution in [0, 0.1) is 0 Å². The molecule has 0 bridgehead atoms. The largest absolute Gasteiger partial charge is 0.508 e. The number of phenolic OH excluding ortho intramolecular Hbond substituents is 4. The van der Waals surface area contributed by atoms with E-state index >= 15 is 0 Å². The molecule has 3 rings (SSSR count). The van der Waals surface area contributed by atoms with E-state index < -0.39 is 17.9 Å². The van der Waals surface area contributed by atoms with Gasteiger partial charge in [0.15, 0.2) is 10.2 Å². The third-order valence-electron chi connectivity index (χ3n) is 4.47. The van der Waals surface area contributed by atoms with Gasteiger partial charge < -0.3 is 39.4 Å². The van der Waals surface area contributed by atoms with Crippen LogP contribution in [0.1, 0.15) is 51.8 Å². The Balaban J connectivity index is 0.000000626. The van der Waals surface area contributed by atoms with Gasteiger partial charge in [0.05, 0.1) is 42.3 Å². The Hall–Kier alpha value is -4.44. The molecule has 3 aromatic rings. The summed E-state index contributed by atoms with van der Waals surface area (Å²) in [6, 6.07) is 11.9. The van der Waals surface area contributed by atoms with E-state index in [1.807, 2.05) is 0 Å². The number of thioether (sulfide) groups is 1. The molecule has 0 spiro atoms. The maximum Gasteiger partial charge on any atom is 0.338 e. The summed E-state index contributed by atoms with van der Waals surface area (Å²) in [6.07, 6.45) is 0. The number of hydrogen-bond acceptors (Lipinski definition) is 15. The van der Waals surface area contributed by atoms with Crippen molar-refractivity contribution in [3.8, 4) is 28.7 Å². The zero-order valence-electron chi connectivity index (χ0n) is 25.4. The van der Waals surface area contributed by atoms with E-state index in [2.05, 4.69) is 26.4 Å². The fourth-order valence-corrected chi connectivity index (χ4v) is 3.71. The monoisotopic (exact) mass is 714 g/mol. The Morgan fingerprint density at radius 1 is 0.609 bits per heavy atom. The first kappa shape index (κ1) is 41.6. The Labute approximate surface area is 284 Å². The zero-order chi connectivity index (χ0) is 35.6. The van der Waals surface area contributed by atoms with Crippen LogP contribution in [0.4, 0.5) is 0 Å². The van der Waals surface area contributed by atoms with E-state index in [-0.39, 0.29) is 44.8 Å². The number of halogens is 1. The van der Waals surface area contributed by atoms with Gasteiger partial charge in [-0.3, -0.25) is 4.79 Å². The van der Waals surface area contributed by atoms with Crippen LogP contribution in [-0.4, -0.2) is 74.2 Å². The number of phenols is 4. The number of carbonyl (C=O) groups excluding carboxylic acids is 4. The van der Waals surface area contributed by atoms with Crippen molar-refractivity contribution >= 4 is 80.2 Å². The smallest absolute Gasteiger partial charge is 0.338 e. The van der Waals surface area contributed by atoms with E-state index in [1.165, 1.54) is 76.8 Å². The number of hydrogen-bond donors (Lipinski definition) is 4. The summed E-state index contributed by atoms with van der Waals surface area (Å²) in [5.74, 6) is -1.87. The lowest BCUT2D eigenvalue weighted by Crippen LogP contribution is -2.03. The second-order valence-corrected chi connectivity index (χ2v) is 11.5. The molecule has 0 heterocycles. The van der Waals surface area contributed by atoms with Crippen LogP contribution in [0.2, 0.25) is 0 Å². The lowest BCUT2D eigenvalue weighted by atomic mass is 10.2. The van der Waals surface area contributed by atoms with Crippen molar-refractivity contribution in [2.24, 2.45) is 0 Å². The third kappa shape index (κ3) is 17.8. The predicted molar refractivity (Wildman–Crippen MR) is 180 cm³/mol. The quantitative estimate of drug-likeness (QED) is 0.0771. The van der Waals surface area contributed by atoms with Crippen molar-refractivity contribution in [1.29, 1.82) is 0 Å². The number of benzene rings is 3. The number of aromatic hydroxyl groups is 4. The van der Waals surface area contributed by atoms with Crippen molar-refractivity contribution in [2.75, 3.05) is 21.3 Å². The minimum atomic E-state index is -0.596. The molecule has 12 nitrogen and oxygen atoms in total. The molecule has 0 saturated heterocycles. The van der Waals surface area contributed by atoms with Gasteiger partial charge in [0.25, 0.3) is 0 Å². The van der Waals surface area contributed by atoms with Crippen molar-refractivity contribution in [3.63, 3.8) is 0 Å². The first-order chi connectivity index (χ1) is 21.4. The van der Waals surface area contributed by atoms with E-state index in [9.17, 15) is 29.4 Å². The molecule has 16 heteroatoms. The Morgan fingerprint density at radius 3 is 1.33 bits per heavy atom. The van der Waals surface area contributed by atoms with Crippen LogP contribution in [0.25, 0.3) is 0 Å². The van der Waals surface area contributed by atoms with Gasteiger partial charge in [-0.1, -0.05) is 35.6 Å². The molecule has 3 aromatic carbocycles. The minimum absolute atomic E-state index is 0.0679. The molecule has 4 N–H and O–H groups in total. The molecule has 0 atom stereocenters. The third-order valence-corrected chi connectivity index (χ3v) is 5.31. The summed E-state index contributed by atoms with van der Waals surface area (Å²) in [5, 5.41) is 36.8. The predicted octanol–water partition coefficient (Wildman–Crippen LogP) is 6.18. The summed E-state index contributed by atoms with van der Waals surface area (Å²) in [5.41, 5.74) is 0.556. The highest BCUT2D eigenvalue weighted by Gasteiger charge is 2.11. The van der Waals surface area contributed by atoms with Crippen LogP contribution in [0.3, 0.4) is 0 Å². The summed E-state index contributed by atoms with van der Waals surface area (Å²) in [6.45, 7) is 4.67. The fraction of sp³-hybridized carbons (Fsp3) is 0.200. The second kappa shape index (κ2) is 21.3. The van der Waals surface area contributed by atoms with Crippen LogP contribution in [-0.2, 0) is 19.0 Å². The Kier molecular flexibility index (Phi) is 19.3. The number of methoxy groups -OCH3 is 3. The molecule has 0 amide bonds. The summed E-state index contributed by atoms with van der Waals surface area (Å²) < 4.78 is 19.0. The highest BCUT2D eigenvalue weighted by molar-refractivity contribution is 8.13. The van der Waals surface area contributed by atoms with Gasteiger partial charge in [-0.05, 0) is 61.6 Å². The topological polar surface area (TPSA) is 186 Å². The van der Waals surface area contributed by atoms with Crippen LogP contribution in [0.15, 0.2) is 59.5 Å². The molecule has 0 unspecified atom stereocenters. The van der Waals surface area contributed by atoms with Crippen molar-refractivity contribution in [2.45, 2.75) is 25.7 Å². The van der Waals surface area contributed by atoms with Crippen molar-refractivity contribution < 1.29 is 58.6 Å². The van der Waals surface area contributed by atoms with Crippen LogP contribution in [0.5, 0.6) is 28.7 Å². The highest BCUT2D eigenvalue weighted by atomic mass is 35.5. The number of esters is 3.